The number of rotatable bonds is 5. The summed E-state index contributed by atoms with van der Waals surface area (Å²) in [5.74, 6) is -2.75. The maximum atomic E-state index is 13.7. The average Bonchev–Trinajstić information content (AvgIpc) is 2.64. The second kappa shape index (κ2) is 8.00. The number of ether oxygens (including phenoxy) is 1. The van der Waals surface area contributed by atoms with E-state index in [1.165, 1.54) is 26.1 Å². The van der Waals surface area contributed by atoms with Gasteiger partial charge in [0.2, 0.25) is 15.9 Å². The monoisotopic (exact) mass is 439 g/mol. The van der Waals surface area contributed by atoms with Crippen LogP contribution in [-0.4, -0.2) is 44.2 Å². The molecule has 2 aromatic rings. The maximum absolute atomic E-state index is 13.7. The fraction of sp³-hybridized carbons (Fsp3) is 0.263. The maximum Gasteiger partial charge on any atom is 0.265 e. The Morgan fingerprint density at radius 1 is 1.27 bits per heavy atom. The minimum Gasteiger partial charge on any atom is -0.479 e. The van der Waals surface area contributed by atoms with Crippen LogP contribution in [-0.2, 0) is 19.6 Å². The molecule has 0 saturated heterocycles. The first-order chi connectivity index (χ1) is 14.0. The lowest BCUT2D eigenvalue weighted by Crippen LogP contribution is -2.36. The van der Waals surface area contributed by atoms with E-state index in [2.05, 4.69) is 10.6 Å². The number of hydrogen-bond acceptors (Lipinski definition) is 5. The summed E-state index contributed by atoms with van der Waals surface area (Å²) in [6, 6.07) is 5.36. The normalized spacial score (nSPS) is 15.9. The molecule has 2 amide bonds. The number of halogens is 2. The van der Waals surface area contributed by atoms with E-state index in [-0.39, 0.29) is 22.2 Å². The number of likely N-dealkylation sites (N-methyl/N-ethyl adjacent to an activating group) is 1. The first-order valence-electron chi connectivity index (χ1n) is 8.82. The molecule has 0 radical (unpaired) electrons. The molecule has 0 fully saturated rings. The number of aryl methyl sites for hydroxylation is 1. The lowest BCUT2D eigenvalue weighted by atomic mass is 10.1. The molecule has 0 saturated carbocycles. The third-order valence-corrected chi connectivity index (χ3v) is 6.41. The summed E-state index contributed by atoms with van der Waals surface area (Å²) >= 11 is 0. The molecule has 0 aliphatic carbocycles. The minimum atomic E-state index is -4.11. The summed E-state index contributed by atoms with van der Waals surface area (Å²) in [4.78, 5) is 23.8. The Morgan fingerprint density at radius 3 is 2.63 bits per heavy atom. The van der Waals surface area contributed by atoms with E-state index < -0.39 is 40.2 Å². The quantitative estimate of drug-likeness (QED) is 0.744. The number of benzene rings is 2. The molecule has 8 nitrogen and oxygen atoms in total. The van der Waals surface area contributed by atoms with Crippen molar-refractivity contribution in [1.29, 1.82) is 0 Å². The van der Waals surface area contributed by atoms with Gasteiger partial charge in [0.15, 0.2) is 6.10 Å². The molecule has 0 aromatic heterocycles. The first-order valence-corrected chi connectivity index (χ1v) is 10.3. The Kier molecular flexibility index (Phi) is 5.77. The van der Waals surface area contributed by atoms with Crippen LogP contribution in [0, 0.1) is 18.6 Å². The predicted molar refractivity (Wildman–Crippen MR) is 105 cm³/mol. The molecule has 0 bridgehead atoms. The predicted octanol–water partition coefficient (Wildman–Crippen LogP) is 2.25. The number of nitrogens with zero attached hydrogens (tertiary/aromatic N) is 1. The van der Waals surface area contributed by atoms with Gasteiger partial charge in [0.05, 0.1) is 22.8 Å². The Balaban J connectivity index is 1.80. The molecule has 1 aliphatic rings. The molecule has 1 aliphatic heterocycles. The van der Waals surface area contributed by atoms with Crippen molar-refractivity contribution in [2.75, 3.05) is 24.2 Å². The summed E-state index contributed by atoms with van der Waals surface area (Å²) in [7, 11) is -2.92. The van der Waals surface area contributed by atoms with Crippen LogP contribution in [0.3, 0.4) is 0 Å². The first kappa shape index (κ1) is 21.7. The number of hydrogen-bond donors (Lipinski definition) is 2. The van der Waals surface area contributed by atoms with Gasteiger partial charge in [0.1, 0.15) is 17.4 Å². The zero-order valence-corrected chi connectivity index (χ0v) is 17.1. The van der Waals surface area contributed by atoms with Crippen LogP contribution in [0.4, 0.5) is 20.2 Å². The average molecular weight is 439 g/mol. The van der Waals surface area contributed by atoms with Crippen LogP contribution >= 0.6 is 0 Å². The molecule has 2 aromatic carbocycles. The van der Waals surface area contributed by atoms with Crippen LogP contribution in [0.5, 0.6) is 5.75 Å². The van der Waals surface area contributed by atoms with Crippen LogP contribution < -0.4 is 15.4 Å². The van der Waals surface area contributed by atoms with E-state index in [1.807, 2.05) is 0 Å². The van der Waals surface area contributed by atoms with Gasteiger partial charge in [-0.2, -0.15) is 4.31 Å². The van der Waals surface area contributed by atoms with Crippen molar-refractivity contribution in [3.63, 3.8) is 0 Å². The zero-order valence-electron chi connectivity index (χ0n) is 16.3. The van der Waals surface area contributed by atoms with Crippen LogP contribution in [0.25, 0.3) is 0 Å². The van der Waals surface area contributed by atoms with E-state index in [9.17, 15) is 26.8 Å². The molecular weight excluding hydrogens is 420 g/mol. The van der Waals surface area contributed by atoms with Gasteiger partial charge in [-0.05, 0) is 37.6 Å². The van der Waals surface area contributed by atoms with Gasteiger partial charge in [-0.3, -0.25) is 9.59 Å². The molecule has 30 heavy (non-hydrogen) atoms. The van der Waals surface area contributed by atoms with Gasteiger partial charge in [0, 0.05) is 19.2 Å². The van der Waals surface area contributed by atoms with Crippen LogP contribution in [0.1, 0.15) is 12.5 Å². The van der Waals surface area contributed by atoms with Crippen LogP contribution in [0.2, 0.25) is 0 Å². The van der Waals surface area contributed by atoms with E-state index in [0.717, 1.165) is 16.4 Å². The van der Waals surface area contributed by atoms with Crippen molar-refractivity contribution < 1.29 is 31.5 Å². The highest BCUT2D eigenvalue weighted by Gasteiger charge is 2.30. The summed E-state index contributed by atoms with van der Waals surface area (Å²) in [6.45, 7) is 2.46. The van der Waals surface area contributed by atoms with Crippen molar-refractivity contribution in [2.24, 2.45) is 0 Å². The number of anilines is 2. The van der Waals surface area contributed by atoms with Gasteiger partial charge in [0.25, 0.3) is 5.91 Å². The van der Waals surface area contributed by atoms with Gasteiger partial charge in [-0.15, -0.1) is 0 Å². The van der Waals surface area contributed by atoms with Crippen molar-refractivity contribution in [3.8, 4) is 5.75 Å². The number of carbonyl (C=O) groups is 2. The molecule has 0 unspecified atom stereocenters. The summed E-state index contributed by atoms with van der Waals surface area (Å²) in [6.07, 6.45) is -0.787. The molecule has 11 heteroatoms. The topological polar surface area (TPSA) is 105 Å². The summed E-state index contributed by atoms with van der Waals surface area (Å²) < 4.78 is 58.8. The van der Waals surface area contributed by atoms with E-state index >= 15 is 0 Å². The van der Waals surface area contributed by atoms with Gasteiger partial charge in [-0.1, -0.05) is 0 Å². The second-order valence-corrected chi connectivity index (χ2v) is 8.81. The van der Waals surface area contributed by atoms with Crippen LogP contribution in [0.15, 0.2) is 35.2 Å². The SMILES string of the molecule is Cc1cc2c(cc1S(=O)(=O)N(C)CC(=O)Nc1ccc(F)cc1F)O[C@H](C)C(=O)N2. The summed E-state index contributed by atoms with van der Waals surface area (Å²) in [5.41, 5.74) is 0.418. The number of carbonyl (C=O) groups excluding carboxylic acids is 2. The highest BCUT2D eigenvalue weighted by atomic mass is 32.2. The zero-order chi connectivity index (χ0) is 22.2. The van der Waals surface area contributed by atoms with E-state index in [0.29, 0.717) is 17.3 Å². The van der Waals surface area contributed by atoms with Crippen molar-refractivity contribution in [3.05, 3.63) is 47.5 Å². The standard InChI is InChI=1S/C19H19F2N3O5S/c1-10-6-15-16(29-11(2)19(26)23-15)8-17(10)30(27,28)24(3)9-18(25)22-14-5-4-12(20)7-13(14)21/h4-8,11H,9H2,1-3H3,(H,22,25)(H,23,26)/t11-/m1/s1. The lowest BCUT2D eigenvalue weighted by molar-refractivity contribution is -0.122. The van der Waals surface area contributed by atoms with E-state index in [1.54, 1.807) is 6.92 Å². The Morgan fingerprint density at radius 2 is 1.97 bits per heavy atom. The molecule has 0 spiro atoms. The molecule has 1 heterocycles. The highest BCUT2D eigenvalue weighted by Crippen LogP contribution is 2.35. The molecule has 160 valence electrons. The number of sulfonamides is 1. The third-order valence-electron chi connectivity index (χ3n) is 4.47. The van der Waals surface area contributed by atoms with Gasteiger partial charge >= 0.3 is 0 Å². The minimum absolute atomic E-state index is 0.104. The Bertz CT molecular complexity index is 1140. The fourth-order valence-electron chi connectivity index (χ4n) is 2.86. The van der Waals surface area contributed by atoms with Gasteiger partial charge < -0.3 is 15.4 Å². The third kappa shape index (κ3) is 4.26. The lowest BCUT2D eigenvalue weighted by Gasteiger charge is -2.25. The van der Waals surface area contributed by atoms with Crippen molar-refractivity contribution in [1.82, 2.24) is 4.31 Å². The Labute approximate surface area is 171 Å². The number of nitrogens with one attached hydrogen (secondary N) is 2. The Hall–Kier alpha value is -3.05. The van der Waals surface area contributed by atoms with Crippen molar-refractivity contribution in [2.45, 2.75) is 24.8 Å². The number of fused-ring (bicyclic) bond motifs is 1. The smallest absolute Gasteiger partial charge is 0.265 e. The second-order valence-electron chi connectivity index (χ2n) is 6.80. The molecular formula is C19H19F2N3O5S. The van der Waals surface area contributed by atoms with Gasteiger partial charge in [-0.25, -0.2) is 17.2 Å². The fourth-order valence-corrected chi connectivity index (χ4v) is 4.20. The highest BCUT2D eigenvalue weighted by molar-refractivity contribution is 7.89. The summed E-state index contributed by atoms with van der Waals surface area (Å²) in [5, 5.41) is 4.84. The largest absolute Gasteiger partial charge is 0.479 e. The molecule has 3 rings (SSSR count). The number of amides is 2. The van der Waals surface area contributed by atoms with E-state index in [4.69, 9.17) is 4.74 Å². The van der Waals surface area contributed by atoms with Crippen molar-refractivity contribution >= 4 is 33.2 Å². The molecule has 1 atom stereocenters. The molecule has 2 N–H and O–H groups in total.